The van der Waals surface area contributed by atoms with Crippen molar-refractivity contribution in [3.63, 3.8) is 0 Å². The van der Waals surface area contributed by atoms with Crippen molar-refractivity contribution < 1.29 is 14.6 Å². The van der Waals surface area contributed by atoms with Gasteiger partial charge in [0.2, 0.25) is 0 Å². The summed E-state index contributed by atoms with van der Waals surface area (Å²) >= 11 is 0. The summed E-state index contributed by atoms with van der Waals surface area (Å²) in [6.45, 7) is 7.34. The molecule has 5 aliphatic carbocycles. The lowest BCUT2D eigenvalue weighted by Gasteiger charge is -2.61. The summed E-state index contributed by atoms with van der Waals surface area (Å²) in [5.41, 5.74) is 1.34. The SMILES string of the molecule is COC1C[C@H]2[C@@H]3CC[C@H]([C@H](C)CC(=O)O)[C@@]3(C)CC[C@@H]2[C@@]2(C)CCC3C[C@]312. The van der Waals surface area contributed by atoms with Crippen molar-refractivity contribution >= 4 is 5.97 Å². The highest BCUT2D eigenvalue weighted by atomic mass is 16.5. The molecule has 0 bridgehead atoms. The summed E-state index contributed by atoms with van der Waals surface area (Å²) in [4.78, 5) is 11.3. The molecular formula is C24H38O3. The van der Waals surface area contributed by atoms with Crippen LogP contribution < -0.4 is 0 Å². The van der Waals surface area contributed by atoms with Crippen molar-refractivity contribution in [3.05, 3.63) is 0 Å². The minimum Gasteiger partial charge on any atom is -0.481 e. The first kappa shape index (κ1) is 18.5. The highest BCUT2D eigenvalue weighted by molar-refractivity contribution is 5.67. The Morgan fingerprint density at radius 3 is 2.59 bits per heavy atom. The minimum absolute atomic E-state index is 0.303. The van der Waals surface area contributed by atoms with Gasteiger partial charge in [0.15, 0.2) is 0 Å². The molecule has 0 aromatic heterocycles. The van der Waals surface area contributed by atoms with Crippen LogP contribution in [0.3, 0.4) is 0 Å². The fourth-order valence-electron chi connectivity index (χ4n) is 9.97. The number of carboxylic acid groups (broad SMARTS) is 1. The van der Waals surface area contributed by atoms with Crippen LogP contribution in [0.5, 0.6) is 0 Å². The van der Waals surface area contributed by atoms with Crippen LogP contribution in [0.4, 0.5) is 0 Å². The second-order valence-electron chi connectivity index (χ2n) is 11.5. The lowest BCUT2D eigenvalue weighted by molar-refractivity contribution is -0.161. The molecule has 3 heteroatoms. The van der Waals surface area contributed by atoms with Gasteiger partial charge in [0.05, 0.1) is 6.10 Å². The molecule has 0 aliphatic heterocycles. The van der Waals surface area contributed by atoms with Gasteiger partial charge in [-0.15, -0.1) is 0 Å². The van der Waals surface area contributed by atoms with Gasteiger partial charge >= 0.3 is 5.97 Å². The number of carbonyl (C=O) groups is 1. The summed E-state index contributed by atoms with van der Waals surface area (Å²) in [6.07, 6.45) is 11.6. The first-order valence-electron chi connectivity index (χ1n) is 11.5. The molecule has 5 aliphatic rings. The maximum Gasteiger partial charge on any atom is 0.303 e. The predicted molar refractivity (Wildman–Crippen MR) is 105 cm³/mol. The molecule has 0 aromatic carbocycles. The Hall–Kier alpha value is -0.570. The Morgan fingerprint density at radius 2 is 1.93 bits per heavy atom. The van der Waals surface area contributed by atoms with E-state index in [-0.39, 0.29) is 0 Å². The lowest BCUT2D eigenvalue weighted by Crippen LogP contribution is -2.57. The maximum absolute atomic E-state index is 11.3. The normalized spacial score (nSPS) is 56.6. The van der Waals surface area contributed by atoms with Crippen molar-refractivity contribution in [1.29, 1.82) is 0 Å². The Balaban J connectivity index is 1.45. The van der Waals surface area contributed by atoms with Gasteiger partial charge < -0.3 is 9.84 Å². The monoisotopic (exact) mass is 374 g/mol. The fourth-order valence-corrected chi connectivity index (χ4v) is 9.97. The summed E-state index contributed by atoms with van der Waals surface area (Å²) in [5, 5.41) is 9.33. The van der Waals surface area contributed by atoms with Crippen molar-refractivity contribution in [2.45, 2.75) is 84.7 Å². The standard InChI is InChI=1S/C24H38O3/c1-14(11-21(25)26)17-5-6-18-16-12-20(27-4)24-13-15(24)7-10-23(24,3)19(16)8-9-22(17,18)2/h14-20H,5-13H2,1-4H3,(H,25,26)/t14-,15?,16+,17-,18+,19+,20?,22-,23-,24+/m1/s1. The molecule has 5 rings (SSSR count). The van der Waals surface area contributed by atoms with Crippen LogP contribution >= 0.6 is 0 Å². The molecule has 1 N–H and O–H groups in total. The van der Waals surface area contributed by atoms with Gasteiger partial charge in [-0.2, -0.15) is 0 Å². The van der Waals surface area contributed by atoms with Gasteiger partial charge in [0.1, 0.15) is 0 Å². The van der Waals surface area contributed by atoms with Gasteiger partial charge in [-0.05, 0) is 97.7 Å². The van der Waals surface area contributed by atoms with Crippen molar-refractivity contribution in [2.24, 2.45) is 51.8 Å². The van der Waals surface area contributed by atoms with Crippen LogP contribution in [0.15, 0.2) is 0 Å². The first-order valence-corrected chi connectivity index (χ1v) is 11.5. The number of ether oxygens (including phenoxy) is 1. The maximum atomic E-state index is 11.3. The molecule has 0 heterocycles. The molecule has 0 amide bonds. The molecule has 0 saturated heterocycles. The van der Waals surface area contributed by atoms with Gasteiger partial charge in [-0.3, -0.25) is 4.79 Å². The molecule has 0 aromatic rings. The van der Waals surface area contributed by atoms with E-state index in [1.165, 1.54) is 51.4 Å². The molecule has 0 radical (unpaired) electrons. The van der Waals surface area contributed by atoms with Crippen LogP contribution in [-0.4, -0.2) is 24.3 Å². The number of rotatable bonds is 4. The van der Waals surface area contributed by atoms with Crippen LogP contribution in [0, 0.1) is 51.8 Å². The zero-order valence-electron chi connectivity index (χ0n) is 17.7. The minimum atomic E-state index is -0.625. The van der Waals surface area contributed by atoms with E-state index in [0.717, 1.165) is 23.7 Å². The van der Waals surface area contributed by atoms with Crippen molar-refractivity contribution in [2.75, 3.05) is 7.11 Å². The van der Waals surface area contributed by atoms with Gasteiger partial charge in [0, 0.05) is 18.9 Å². The molecule has 5 fully saturated rings. The van der Waals surface area contributed by atoms with E-state index in [9.17, 15) is 9.90 Å². The smallest absolute Gasteiger partial charge is 0.303 e. The van der Waals surface area contributed by atoms with Gasteiger partial charge in [-0.1, -0.05) is 20.8 Å². The molecule has 27 heavy (non-hydrogen) atoms. The van der Waals surface area contributed by atoms with E-state index >= 15 is 0 Å². The van der Waals surface area contributed by atoms with Crippen LogP contribution in [0.25, 0.3) is 0 Å². The van der Waals surface area contributed by atoms with Crippen LogP contribution in [0.1, 0.15) is 78.6 Å². The summed E-state index contributed by atoms with van der Waals surface area (Å²) < 4.78 is 6.19. The summed E-state index contributed by atoms with van der Waals surface area (Å²) in [5.74, 6) is 3.66. The van der Waals surface area contributed by atoms with Crippen molar-refractivity contribution in [1.82, 2.24) is 0 Å². The Kier molecular flexibility index (Phi) is 3.92. The lowest BCUT2D eigenvalue weighted by atomic mass is 9.45. The van der Waals surface area contributed by atoms with E-state index < -0.39 is 5.97 Å². The van der Waals surface area contributed by atoms with Crippen LogP contribution in [-0.2, 0) is 9.53 Å². The number of hydrogen-bond donors (Lipinski definition) is 1. The van der Waals surface area contributed by atoms with E-state index in [2.05, 4.69) is 20.8 Å². The van der Waals surface area contributed by atoms with E-state index in [4.69, 9.17) is 4.74 Å². The molecule has 1 spiro atoms. The molecular weight excluding hydrogens is 336 g/mol. The third-order valence-corrected chi connectivity index (χ3v) is 11.1. The number of hydrogen-bond acceptors (Lipinski definition) is 2. The summed E-state index contributed by atoms with van der Waals surface area (Å²) in [7, 11) is 1.96. The average Bonchev–Trinajstić information content (AvgIpc) is 3.11. The molecule has 3 nitrogen and oxygen atoms in total. The quantitative estimate of drug-likeness (QED) is 0.718. The zero-order valence-corrected chi connectivity index (χ0v) is 17.7. The fraction of sp³-hybridized carbons (Fsp3) is 0.958. The van der Waals surface area contributed by atoms with Gasteiger partial charge in [0.25, 0.3) is 0 Å². The van der Waals surface area contributed by atoms with Gasteiger partial charge in [-0.25, -0.2) is 0 Å². The Morgan fingerprint density at radius 1 is 1.15 bits per heavy atom. The van der Waals surface area contributed by atoms with Crippen LogP contribution in [0.2, 0.25) is 0 Å². The first-order chi connectivity index (χ1) is 12.8. The van der Waals surface area contributed by atoms with E-state index in [1.807, 2.05) is 7.11 Å². The second-order valence-corrected chi connectivity index (χ2v) is 11.5. The molecule has 2 unspecified atom stereocenters. The highest BCUT2D eigenvalue weighted by Crippen LogP contribution is 2.82. The van der Waals surface area contributed by atoms with E-state index in [0.29, 0.717) is 40.6 Å². The third kappa shape index (κ3) is 2.16. The zero-order chi connectivity index (χ0) is 19.2. The highest BCUT2D eigenvalue weighted by Gasteiger charge is 2.77. The Bertz CT molecular complexity index is 646. The average molecular weight is 375 g/mol. The number of methoxy groups -OCH3 is 1. The van der Waals surface area contributed by atoms with Crippen molar-refractivity contribution in [3.8, 4) is 0 Å². The summed E-state index contributed by atoms with van der Waals surface area (Å²) in [6, 6.07) is 0. The second kappa shape index (κ2) is 5.74. The molecule has 10 atom stereocenters. The number of fused-ring (bicyclic) bond motifs is 4. The number of carboxylic acids is 1. The van der Waals surface area contributed by atoms with E-state index in [1.54, 1.807) is 0 Å². The number of aliphatic carboxylic acids is 1. The predicted octanol–water partition coefficient (Wildman–Crippen LogP) is 5.38. The topological polar surface area (TPSA) is 46.5 Å². The largest absolute Gasteiger partial charge is 0.481 e. The molecule has 5 saturated carbocycles. The third-order valence-electron chi connectivity index (χ3n) is 11.1. The Labute approximate surface area is 164 Å². The molecule has 152 valence electrons.